The molecule has 3 unspecified atom stereocenters. The van der Waals surface area contributed by atoms with Crippen molar-refractivity contribution in [3.8, 4) is 5.75 Å². The van der Waals surface area contributed by atoms with E-state index < -0.39 is 5.82 Å². The molecule has 1 amide bonds. The van der Waals surface area contributed by atoms with Gasteiger partial charge in [0.25, 0.3) is 5.91 Å². The maximum absolute atomic E-state index is 14.2. The zero-order valence-electron chi connectivity index (χ0n) is 19.8. The van der Waals surface area contributed by atoms with E-state index in [2.05, 4.69) is 36.0 Å². The molecule has 182 valence electrons. The number of hydrogen-bond acceptors (Lipinski definition) is 6. The molecular formula is C25H31ClFN5O2. The third-order valence-electron chi connectivity index (χ3n) is 6.78. The fourth-order valence-corrected chi connectivity index (χ4v) is 5.19. The first-order valence-electron chi connectivity index (χ1n) is 11.8. The number of carbonyl (C=O) groups excluding carboxylic acids is 1. The summed E-state index contributed by atoms with van der Waals surface area (Å²) in [4.78, 5) is 21.7. The minimum atomic E-state index is -0.445. The summed E-state index contributed by atoms with van der Waals surface area (Å²) in [5, 5.41) is 11.8. The van der Waals surface area contributed by atoms with Crippen LogP contribution in [0.15, 0.2) is 45.8 Å². The summed E-state index contributed by atoms with van der Waals surface area (Å²) < 4.78 is 20.5. The number of carbonyl (C=O) groups is 1. The average Bonchev–Trinajstić information content (AvgIpc) is 3.20. The van der Waals surface area contributed by atoms with Gasteiger partial charge in [-0.25, -0.2) is 9.38 Å². The lowest BCUT2D eigenvalue weighted by Gasteiger charge is -2.43. The van der Waals surface area contributed by atoms with E-state index in [1.807, 2.05) is 0 Å². The summed E-state index contributed by atoms with van der Waals surface area (Å²) in [6.45, 7) is 7.88. The fourth-order valence-electron chi connectivity index (χ4n) is 5.09. The standard InChI is InChI=1S/C25H31ClFN5O2/c1-4-18-10-19(8-15(3)32(18)5-2)34-23-9-17(27)6-7-20(23)25(33)31-13-21(22(28)14-31)24-29-11-16(26)12-30-24/h6-7,9,11-12,15,18-19,28-29H,4-5,8,10,13-14H2,1-3H3/b24-21+,28-22?. The zero-order chi connectivity index (χ0) is 24.4. The van der Waals surface area contributed by atoms with Gasteiger partial charge in [-0.3, -0.25) is 9.69 Å². The summed E-state index contributed by atoms with van der Waals surface area (Å²) in [7, 11) is 0. The number of nitrogens with one attached hydrogen (secondary N) is 2. The van der Waals surface area contributed by atoms with Gasteiger partial charge in [-0.2, -0.15) is 0 Å². The number of benzene rings is 1. The third-order valence-corrected chi connectivity index (χ3v) is 6.98. The number of ether oxygens (including phenoxy) is 1. The van der Waals surface area contributed by atoms with Crippen molar-refractivity contribution >= 4 is 29.4 Å². The monoisotopic (exact) mass is 487 g/mol. The number of allylic oxidation sites excluding steroid dienone is 1. The Morgan fingerprint density at radius 3 is 2.79 bits per heavy atom. The Bertz CT molecular complexity index is 1070. The molecule has 0 spiro atoms. The number of nitrogens with zero attached hydrogens (tertiary/aromatic N) is 3. The number of rotatable bonds is 5. The van der Waals surface area contributed by atoms with Gasteiger partial charge in [0.05, 0.1) is 29.4 Å². The summed E-state index contributed by atoms with van der Waals surface area (Å²) in [5.41, 5.74) is 1.24. The predicted molar refractivity (Wildman–Crippen MR) is 132 cm³/mol. The minimum absolute atomic E-state index is 0.0945. The Morgan fingerprint density at radius 2 is 2.12 bits per heavy atom. The van der Waals surface area contributed by atoms with Crippen LogP contribution in [0.4, 0.5) is 4.39 Å². The van der Waals surface area contributed by atoms with Crippen molar-refractivity contribution in [3.05, 3.63) is 52.2 Å². The zero-order valence-corrected chi connectivity index (χ0v) is 20.5. The number of piperidine rings is 1. The van der Waals surface area contributed by atoms with Crippen molar-refractivity contribution in [1.29, 1.82) is 5.41 Å². The molecule has 4 rings (SSSR count). The van der Waals surface area contributed by atoms with Crippen LogP contribution in [0.2, 0.25) is 0 Å². The van der Waals surface area contributed by atoms with E-state index in [0.29, 0.717) is 39.8 Å². The molecule has 0 radical (unpaired) electrons. The molecule has 3 atom stereocenters. The molecule has 0 saturated carbocycles. The molecule has 2 fully saturated rings. The Kier molecular flexibility index (Phi) is 7.38. The van der Waals surface area contributed by atoms with E-state index in [1.54, 1.807) is 11.1 Å². The van der Waals surface area contributed by atoms with Crippen LogP contribution in [0.5, 0.6) is 5.75 Å². The Morgan fingerprint density at radius 1 is 1.32 bits per heavy atom. The normalized spacial score (nSPS) is 27.6. The van der Waals surface area contributed by atoms with E-state index in [1.165, 1.54) is 24.4 Å². The fraction of sp³-hybridized carbons (Fsp3) is 0.480. The van der Waals surface area contributed by atoms with Crippen LogP contribution < -0.4 is 10.1 Å². The predicted octanol–water partition coefficient (Wildman–Crippen LogP) is 4.30. The summed E-state index contributed by atoms with van der Waals surface area (Å²) >= 11 is 5.90. The van der Waals surface area contributed by atoms with Crippen molar-refractivity contribution in [2.24, 2.45) is 4.99 Å². The minimum Gasteiger partial charge on any atom is -0.489 e. The van der Waals surface area contributed by atoms with E-state index >= 15 is 0 Å². The lowest BCUT2D eigenvalue weighted by Crippen LogP contribution is -2.50. The SMILES string of the molecule is CCC1CC(Oc2cc(F)ccc2C(=O)N2CC(=N)/C(=C3/N=CC(Cl)=CN3)C2)CC(C)N1CC. The highest BCUT2D eigenvalue weighted by atomic mass is 35.5. The van der Waals surface area contributed by atoms with Crippen LogP contribution in [-0.2, 0) is 0 Å². The summed E-state index contributed by atoms with van der Waals surface area (Å²) in [6.07, 6.45) is 5.66. The molecule has 1 aromatic rings. The average molecular weight is 488 g/mol. The molecule has 0 aliphatic carbocycles. The smallest absolute Gasteiger partial charge is 0.258 e. The second-order valence-electron chi connectivity index (χ2n) is 8.99. The first kappa shape index (κ1) is 24.4. The molecule has 34 heavy (non-hydrogen) atoms. The van der Waals surface area contributed by atoms with Crippen molar-refractivity contribution < 1.29 is 13.9 Å². The van der Waals surface area contributed by atoms with E-state index in [-0.39, 0.29) is 30.9 Å². The van der Waals surface area contributed by atoms with Crippen LogP contribution in [0.25, 0.3) is 0 Å². The highest BCUT2D eigenvalue weighted by Crippen LogP contribution is 2.31. The van der Waals surface area contributed by atoms with Gasteiger partial charge in [0.2, 0.25) is 0 Å². The quantitative estimate of drug-likeness (QED) is 0.649. The van der Waals surface area contributed by atoms with E-state index in [4.69, 9.17) is 21.7 Å². The van der Waals surface area contributed by atoms with Crippen LogP contribution in [-0.4, -0.2) is 65.5 Å². The van der Waals surface area contributed by atoms with E-state index in [0.717, 1.165) is 25.8 Å². The molecule has 2 saturated heterocycles. The van der Waals surface area contributed by atoms with Crippen molar-refractivity contribution in [2.45, 2.75) is 58.2 Å². The molecule has 1 aromatic carbocycles. The maximum Gasteiger partial charge on any atom is 0.258 e. The van der Waals surface area contributed by atoms with Gasteiger partial charge in [0.15, 0.2) is 0 Å². The molecule has 0 aromatic heterocycles. The van der Waals surface area contributed by atoms with Gasteiger partial charge in [0, 0.05) is 36.1 Å². The van der Waals surface area contributed by atoms with Crippen LogP contribution in [0, 0.1) is 11.2 Å². The molecule has 3 heterocycles. The molecule has 7 nitrogen and oxygen atoms in total. The number of aliphatic imine (C=N–C) groups is 1. The first-order chi connectivity index (χ1) is 16.3. The van der Waals surface area contributed by atoms with Crippen LogP contribution >= 0.6 is 11.6 Å². The van der Waals surface area contributed by atoms with Gasteiger partial charge in [-0.05, 0) is 44.9 Å². The number of likely N-dealkylation sites (tertiary alicyclic amines) is 2. The van der Waals surface area contributed by atoms with Crippen LogP contribution in [0.3, 0.4) is 0 Å². The van der Waals surface area contributed by atoms with Crippen molar-refractivity contribution in [2.75, 3.05) is 19.6 Å². The Labute approximate surface area is 204 Å². The van der Waals surface area contributed by atoms with Crippen molar-refractivity contribution in [3.63, 3.8) is 0 Å². The molecule has 2 N–H and O–H groups in total. The van der Waals surface area contributed by atoms with Gasteiger partial charge < -0.3 is 20.4 Å². The highest BCUT2D eigenvalue weighted by Gasteiger charge is 2.35. The topological polar surface area (TPSA) is 81.0 Å². The second kappa shape index (κ2) is 10.3. The summed E-state index contributed by atoms with van der Waals surface area (Å²) in [5.74, 6) is 0.0227. The van der Waals surface area contributed by atoms with Gasteiger partial charge in [0.1, 0.15) is 23.5 Å². The Balaban J connectivity index is 1.53. The second-order valence-corrected chi connectivity index (χ2v) is 9.43. The number of halogens is 2. The van der Waals surface area contributed by atoms with Crippen molar-refractivity contribution in [1.82, 2.24) is 15.1 Å². The van der Waals surface area contributed by atoms with Gasteiger partial charge in [-0.1, -0.05) is 25.4 Å². The Hall–Kier alpha value is -2.71. The van der Waals surface area contributed by atoms with Gasteiger partial charge in [-0.15, -0.1) is 0 Å². The van der Waals surface area contributed by atoms with Gasteiger partial charge >= 0.3 is 0 Å². The molecule has 3 aliphatic heterocycles. The van der Waals surface area contributed by atoms with E-state index in [9.17, 15) is 9.18 Å². The first-order valence-corrected chi connectivity index (χ1v) is 12.2. The third kappa shape index (κ3) is 5.03. The van der Waals surface area contributed by atoms with Crippen LogP contribution in [0.1, 0.15) is 50.4 Å². The maximum atomic E-state index is 14.2. The molecule has 0 bridgehead atoms. The molecule has 9 heteroatoms. The molecular weight excluding hydrogens is 457 g/mol. The largest absolute Gasteiger partial charge is 0.489 e. The highest BCUT2D eigenvalue weighted by molar-refractivity contribution is 6.39. The lowest BCUT2D eigenvalue weighted by molar-refractivity contribution is 0.0200. The lowest BCUT2D eigenvalue weighted by atomic mass is 9.92. The molecule has 3 aliphatic rings. The summed E-state index contributed by atoms with van der Waals surface area (Å²) in [6, 6.07) is 4.79. The number of hydrogen-bond donors (Lipinski definition) is 2. The number of amides is 1.